The molecule has 1 aromatic heterocycles. The standard InChI is InChI=1S/C22H31N3O4S/c1-6-28-18-8-7-16(13-19(18)27-5)20-23-17(15-30-20)14-24-9-11-25(12-10-24)21(26)29-22(2,3)4/h7-8,13,15H,6,9-12,14H2,1-5H3. The summed E-state index contributed by atoms with van der Waals surface area (Å²) in [6.45, 7) is 11.9. The van der Waals surface area contributed by atoms with Crippen molar-refractivity contribution in [2.75, 3.05) is 39.9 Å². The van der Waals surface area contributed by atoms with E-state index in [1.807, 2.05) is 45.9 Å². The van der Waals surface area contributed by atoms with Crippen LogP contribution in [0.3, 0.4) is 0 Å². The Kier molecular flexibility index (Phi) is 7.20. The van der Waals surface area contributed by atoms with Crippen molar-refractivity contribution in [1.82, 2.24) is 14.8 Å². The molecule has 1 saturated heterocycles. The lowest BCUT2D eigenvalue weighted by molar-refractivity contribution is 0.0138. The maximum Gasteiger partial charge on any atom is 0.410 e. The number of nitrogens with zero attached hydrogens (tertiary/aromatic N) is 3. The SMILES string of the molecule is CCOc1ccc(-c2nc(CN3CCN(C(=O)OC(C)(C)C)CC3)cs2)cc1OC. The van der Waals surface area contributed by atoms with Crippen molar-refractivity contribution in [3.05, 3.63) is 29.3 Å². The van der Waals surface area contributed by atoms with Gasteiger partial charge in [-0.05, 0) is 45.9 Å². The number of carbonyl (C=O) groups is 1. The van der Waals surface area contributed by atoms with Gasteiger partial charge in [-0.25, -0.2) is 9.78 Å². The van der Waals surface area contributed by atoms with Gasteiger partial charge in [0.15, 0.2) is 11.5 Å². The fourth-order valence-corrected chi connectivity index (χ4v) is 4.04. The predicted molar refractivity (Wildman–Crippen MR) is 118 cm³/mol. The van der Waals surface area contributed by atoms with E-state index in [0.29, 0.717) is 25.4 Å². The van der Waals surface area contributed by atoms with E-state index >= 15 is 0 Å². The number of methoxy groups -OCH3 is 1. The normalized spacial score (nSPS) is 15.2. The van der Waals surface area contributed by atoms with Crippen LogP contribution in [0.1, 0.15) is 33.4 Å². The number of rotatable bonds is 6. The molecule has 0 unspecified atom stereocenters. The minimum Gasteiger partial charge on any atom is -0.493 e. The third-order valence-electron chi connectivity index (χ3n) is 4.67. The van der Waals surface area contributed by atoms with E-state index in [1.54, 1.807) is 23.3 Å². The van der Waals surface area contributed by atoms with Gasteiger partial charge in [0.2, 0.25) is 0 Å². The maximum atomic E-state index is 12.2. The molecule has 1 amide bonds. The molecule has 1 aliphatic rings. The zero-order valence-electron chi connectivity index (χ0n) is 18.4. The van der Waals surface area contributed by atoms with Gasteiger partial charge in [0.05, 0.1) is 19.4 Å². The van der Waals surface area contributed by atoms with Crippen molar-refractivity contribution in [3.63, 3.8) is 0 Å². The molecule has 7 nitrogen and oxygen atoms in total. The highest BCUT2D eigenvalue weighted by atomic mass is 32.1. The molecule has 0 saturated carbocycles. The van der Waals surface area contributed by atoms with Crippen LogP contribution in [0.2, 0.25) is 0 Å². The van der Waals surface area contributed by atoms with Gasteiger partial charge >= 0.3 is 6.09 Å². The van der Waals surface area contributed by atoms with Crippen molar-refractivity contribution in [2.24, 2.45) is 0 Å². The van der Waals surface area contributed by atoms with Gasteiger partial charge in [-0.3, -0.25) is 4.90 Å². The van der Waals surface area contributed by atoms with Crippen molar-refractivity contribution in [2.45, 2.75) is 39.8 Å². The van der Waals surface area contributed by atoms with Gasteiger partial charge < -0.3 is 19.1 Å². The molecule has 0 spiro atoms. The van der Waals surface area contributed by atoms with Crippen LogP contribution in [-0.4, -0.2) is 66.4 Å². The van der Waals surface area contributed by atoms with Crippen LogP contribution in [0, 0.1) is 0 Å². The molecular weight excluding hydrogens is 402 g/mol. The summed E-state index contributed by atoms with van der Waals surface area (Å²) in [6.07, 6.45) is -0.234. The number of benzene rings is 1. The Balaban J connectivity index is 1.57. The lowest BCUT2D eigenvalue weighted by Crippen LogP contribution is -2.49. The van der Waals surface area contributed by atoms with Crippen molar-refractivity contribution in [1.29, 1.82) is 0 Å². The third kappa shape index (κ3) is 5.86. The summed E-state index contributed by atoms with van der Waals surface area (Å²) in [7, 11) is 1.64. The minimum absolute atomic E-state index is 0.234. The van der Waals surface area contributed by atoms with Gasteiger partial charge in [0, 0.05) is 43.7 Å². The topological polar surface area (TPSA) is 64.1 Å². The molecule has 2 heterocycles. The van der Waals surface area contributed by atoms with Crippen LogP contribution in [-0.2, 0) is 11.3 Å². The van der Waals surface area contributed by atoms with Crippen molar-refractivity contribution < 1.29 is 19.0 Å². The van der Waals surface area contributed by atoms with Gasteiger partial charge in [-0.15, -0.1) is 11.3 Å². The largest absolute Gasteiger partial charge is 0.493 e. The molecule has 0 N–H and O–H groups in total. The van der Waals surface area contributed by atoms with Gasteiger partial charge in [0.25, 0.3) is 0 Å². The van der Waals surface area contributed by atoms with E-state index in [9.17, 15) is 4.79 Å². The monoisotopic (exact) mass is 433 g/mol. The number of piperazine rings is 1. The van der Waals surface area contributed by atoms with Crippen LogP contribution < -0.4 is 9.47 Å². The first kappa shape index (κ1) is 22.4. The van der Waals surface area contributed by atoms with E-state index < -0.39 is 5.60 Å². The lowest BCUT2D eigenvalue weighted by Gasteiger charge is -2.35. The molecule has 0 atom stereocenters. The predicted octanol–water partition coefficient (Wildman–Crippen LogP) is 4.27. The molecule has 164 valence electrons. The van der Waals surface area contributed by atoms with Gasteiger partial charge in [-0.2, -0.15) is 0 Å². The van der Waals surface area contributed by atoms with Gasteiger partial charge in [0.1, 0.15) is 10.6 Å². The number of hydrogen-bond donors (Lipinski definition) is 0. The number of amides is 1. The van der Waals surface area contributed by atoms with Crippen molar-refractivity contribution >= 4 is 17.4 Å². The average molecular weight is 434 g/mol. The Morgan fingerprint density at radius 3 is 2.53 bits per heavy atom. The van der Waals surface area contributed by atoms with E-state index in [0.717, 1.165) is 41.6 Å². The highest BCUT2D eigenvalue weighted by molar-refractivity contribution is 7.13. The molecule has 3 rings (SSSR count). The first-order valence-corrected chi connectivity index (χ1v) is 11.1. The Labute approximate surface area is 182 Å². The smallest absolute Gasteiger partial charge is 0.410 e. The molecule has 0 aliphatic carbocycles. The summed E-state index contributed by atoms with van der Waals surface area (Å²) >= 11 is 1.62. The van der Waals surface area contributed by atoms with E-state index in [4.69, 9.17) is 19.2 Å². The molecule has 0 bridgehead atoms. The van der Waals surface area contributed by atoms with Gasteiger partial charge in [-0.1, -0.05) is 0 Å². The summed E-state index contributed by atoms with van der Waals surface area (Å²) in [5, 5.41) is 3.05. The summed E-state index contributed by atoms with van der Waals surface area (Å²) in [5.74, 6) is 1.45. The summed E-state index contributed by atoms with van der Waals surface area (Å²) in [6, 6.07) is 5.90. The molecule has 2 aromatic rings. The zero-order chi connectivity index (χ0) is 21.7. The second kappa shape index (κ2) is 9.66. The highest BCUT2D eigenvalue weighted by Gasteiger charge is 2.26. The first-order chi connectivity index (χ1) is 14.3. The third-order valence-corrected chi connectivity index (χ3v) is 5.61. The summed E-state index contributed by atoms with van der Waals surface area (Å²) in [4.78, 5) is 21.1. The molecule has 1 fully saturated rings. The second-order valence-electron chi connectivity index (χ2n) is 8.19. The Bertz CT molecular complexity index is 854. The summed E-state index contributed by atoms with van der Waals surface area (Å²) < 4.78 is 16.5. The first-order valence-electron chi connectivity index (χ1n) is 10.2. The number of thiazole rings is 1. The van der Waals surface area contributed by atoms with E-state index in [1.165, 1.54) is 0 Å². The van der Waals surface area contributed by atoms with E-state index in [2.05, 4.69) is 10.3 Å². The Hall–Kier alpha value is -2.32. The summed E-state index contributed by atoms with van der Waals surface area (Å²) in [5.41, 5.74) is 1.59. The Morgan fingerprint density at radius 1 is 1.17 bits per heavy atom. The highest BCUT2D eigenvalue weighted by Crippen LogP contribution is 2.34. The zero-order valence-corrected chi connectivity index (χ0v) is 19.3. The number of carbonyl (C=O) groups excluding carboxylic acids is 1. The molecule has 30 heavy (non-hydrogen) atoms. The molecule has 1 aromatic carbocycles. The molecular formula is C22H31N3O4S. The second-order valence-corrected chi connectivity index (χ2v) is 9.04. The fraction of sp³-hybridized carbons (Fsp3) is 0.545. The van der Waals surface area contributed by atoms with Crippen LogP contribution in [0.4, 0.5) is 4.79 Å². The maximum absolute atomic E-state index is 12.2. The molecule has 1 aliphatic heterocycles. The fourth-order valence-electron chi connectivity index (χ4n) is 3.23. The van der Waals surface area contributed by atoms with Crippen LogP contribution >= 0.6 is 11.3 Å². The minimum atomic E-state index is -0.464. The van der Waals surface area contributed by atoms with Crippen molar-refractivity contribution in [3.8, 4) is 22.1 Å². The molecule has 0 radical (unpaired) electrons. The average Bonchev–Trinajstić information content (AvgIpc) is 3.16. The number of ether oxygens (including phenoxy) is 3. The van der Waals surface area contributed by atoms with Crippen LogP contribution in [0.25, 0.3) is 10.6 Å². The quantitative estimate of drug-likeness (QED) is 0.678. The van der Waals surface area contributed by atoms with Crippen LogP contribution in [0.5, 0.6) is 11.5 Å². The lowest BCUT2D eigenvalue weighted by atomic mass is 10.2. The van der Waals surface area contributed by atoms with Crippen LogP contribution in [0.15, 0.2) is 23.6 Å². The Morgan fingerprint density at radius 2 is 1.90 bits per heavy atom. The van der Waals surface area contributed by atoms with E-state index in [-0.39, 0.29) is 6.09 Å². The number of aromatic nitrogens is 1. The molecule has 8 heteroatoms. The number of hydrogen-bond acceptors (Lipinski definition) is 7.